The number of anilines is 2. The number of benzene rings is 1. The second-order valence-corrected chi connectivity index (χ2v) is 14.5. The molecule has 2 saturated heterocycles. The van der Waals surface area contributed by atoms with Crippen molar-refractivity contribution < 1.29 is 37.1 Å². The average Bonchev–Trinajstić information content (AvgIpc) is 3.58. The molecule has 2 fully saturated rings. The number of alkyl halides is 3. The van der Waals surface area contributed by atoms with Gasteiger partial charge >= 0.3 is 6.18 Å². The number of nitrogens with one attached hydrogen (secondary N) is 2. The van der Waals surface area contributed by atoms with Crippen LogP contribution in [0.2, 0.25) is 0 Å². The minimum Gasteiger partial charge on any atom is -0.548 e. The van der Waals surface area contributed by atoms with Gasteiger partial charge in [-0.15, -0.1) is 0 Å². The lowest BCUT2D eigenvalue weighted by Gasteiger charge is -2.34. The van der Waals surface area contributed by atoms with E-state index in [1.807, 2.05) is 38.2 Å². The Balaban J connectivity index is 1.30. The van der Waals surface area contributed by atoms with Crippen LogP contribution in [0.5, 0.6) is 0 Å². The van der Waals surface area contributed by atoms with Crippen LogP contribution in [0.4, 0.5) is 24.8 Å². The number of carboxylic acids is 1. The zero-order valence-electron chi connectivity index (χ0n) is 29.7. The van der Waals surface area contributed by atoms with Crippen molar-refractivity contribution in [3.63, 3.8) is 0 Å². The normalized spacial score (nSPS) is 17.5. The number of amides is 2. The lowest BCUT2D eigenvalue weighted by molar-refractivity contribution is -0.870. The third kappa shape index (κ3) is 12.1. The minimum atomic E-state index is -4.77. The van der Waals surface area contributed by atoms with E-state index in [4.69, 9.17) is 5.26 Å². The van der Waals surface area contributed by atoms with Crippen molar-refractivity contribution in [1.82, 2.24) is 20.6 Å². The molecule has 1 aromatic carbocycles. The third-order valence-corrected chi connectivity index (χ3v) is 9.49. The first-order chi connectivity index (χ1) is 24.1. The van der Waals surface area contributed by atoms with E-state index in [0.29, 0.717) is 87.6 Å². The fourth-order valence-electron chi connectivity index (χ4n) is 6.65. The van der Waals surface area contributed by atoms with Crippen LogP contribution in [-0.4, -0.2) is 98.2 Å². The van der Waals surface area contributed by atoms with Crippen LogP contribution < -0.4 is 25.5 Å². The second-order valence-electron chi connectivity index (χ2n) is 14.5. The van der Waals surface area contributed by atoms with Gasteiger partial charge in [0.25, 0.3) is 0 Å². The molecule has 2 aliphatic rings. The molecular formula is C36H49F3N8O4. The Hall–Kier alpha value is -4.45. The van der Waals surface area contributed by atoms with Gasteiger partial charge in [0.15, 0.2) is 0 Å². The van der Waals surface area contributed by atoms with Gasteiger partial charge in [-0.2, -0.15) is 18.4 Å². The molecule has 15 heteroatoms. The number of quaternary nitrogens is 1. The molecule has 2 aromatic rings. The zero-order chi connectivity index (χ0) is 37.2. The number of aromatic nitrogens is 2. The number of piperidine rings is 1. The number of hydrogen-bond donors (Lipinski definition) is 2. The fraction of sp³-hybridized carbons (Fsp3) is 0.611. The Morgan fingerprint density at radius 3 is 2.35 bits per heavy atom. The standard InChI is InChI=1S/C36H49F3N8O4/c1-47(2,3)22-6-8-28(34(50)51)42-32(48)10-4-7-25-16-20-45(21-17-25)30-23-31(44-35(43-30)36(37,38)39)46-19-5-9-29(46)33(49)41-18-15-26-11-13-27(24-40)14-12-26/h11-14,23,25,28-29H,4-10,15-22H2,1-3H3,(H2-,41,42,48,49,50,51)/t28-,29-/m0/s1. The number of carbonyl (C=O) groups excluding carboxylic acids is 3. The zero-order valence-corrected chi connectivity index (χ0v) is 29.7. The molecule has 0 bridgehead atoms. The predicted octanol–water partition coefficient (Wildman–Crippen LogP) is 2.80. The smallest absolute Gasteiger partial charge is 0.451 e. The van der Waals surface area contributed by atoms with Gasteiger partial charge in [0.05, 0.1) is 51.3 Å². The lowest BCUT2D eigenvalue weighted by Crippen LogP contribution is -2.48. The number of aliphatic carboxylic acids is 1. The summed E-state index contributed by atoms with van der Waals surface area (Å²) in [6, 6.07) is 8.96. The first-order valence-corrected chi connectivity index (χ1v) is 17.7. The van der Waals surface area contributed by atoms with E-state index in [-0.39, 0.29) is 35.8 Å². The molecule has 278 valence electrons. The minimum absolute atomic E-state index is 0.0672. The van der Waals surface area contributed by atoms with E-state index in [2.05, 4.69) is 26.7 Å². The molecule has 1 aromatic heterocycles. The van der Waals surface area contributed by atoms with Gasteiger partial charge in [0.1, 0.15) is 17.7 Å². The van der Waals surface area contributed by atoms with Gasteiger partial charge in [0.2, 0.25) is 17.6 Å². The van der Waals surface area contributed by atoms with Crippen LogP contribution in [0, 0.1) is 17.2 Å². The Bertz CT molecular complexity index is 1530. The van der Waals surface area contributed by atoms with Crippen LogP contribution in [0.15, 0.2) is 30.3 Å². The molecule has 2 amide bonds. The van der Waals surface area contributed by atoms with E-state index in [1.54, 1.807) is 17.0 Å². The van der Waals surface area contributed by atoms with Crippen molar-refractivity contribution in [2.24, 2.45) is 5.92 Å². The van der Waals surface area contributed by atoms with Crippen LogP contribution in [0.25, 0.3) is 0 Å². The van der Waals surface area contributed by atoms with Gasteiger partial charge < -0.3 is 34.8 Å². The van der Waals surface area contributed by atoms with Crippen LogP contribution in [0.3, 0.4) is 0 Å². The van der Waals surface area contributed by atoms with Crippen LogP contribution >= 0.6 is 0 Å². The summed E-state index contributed by atoms with van der Waals surface area (Å²) in [5.41, 5.74) is 1.49. The van der Waals surface area contributed by atoms with Crippen molar-refractivity contribution in [3.05, 3.63) is 47.3 Å². The largest absolute Gasteiger partial charge is 0.548 e. The Kier molecular flexibility index (Phi) is 13.6. The highest BCUT2D eigenvalue weighted by molar-refractivity contribution is 5.85. The number of hydrogen-bond acceptors (Lipinski definition) is 9. The van der Waals surface area contributed by atoms with Gasteiger partial charge in [-0.3, -0.25) is 9.59 Å². The molecule has 0 radical (unpaired) electrons. The SMILES string of the molecule is C[N+](C)(C)CCC[C@H](NC(=O)CCCC1CCN(c2cc(N3CCC[C@H]3C(=O)NCCc3ccc(C#N)cc3)nc(C(F)(F)F)n2)CC1)C(=O)[O-]. The summed E-state index contributed by atoms with van der Waals surface area (Å²) in [4.78, 5) is 48.4. The highest BCUT2D eigenvalue weighted by Crippen LogP contribution is 2.34. The molecule has 51 heavy (non-hydrogen) atoms. The fourth-order valence-corrected chi connectivity index (χ4v) is 6.65. The molecule has 3 heterocycles. The number of nitriles is 1. The van der Waals surface area contributed by atoms with E-state index < -0.39 is 30.1 Å². The van der Waals surface area contributed by atoms with Crippen molar-refractivity contribution in [2.45, 2.75) is 82.5 Å². The highest BCUT2D eigenvalue weighted by Gasteiger charge is 2.39. The molecule has 2 atom stereocenters. The van der Waals surface area contributed by atoms with Crippen molar-refractivity contribution >= 4 is 29.4 Å². The summed E-state index contributed by atoms with van der Waals surface area (Å²) >= 11 is 0. The topological polar surface area (TPSA) is 154 Å². The summed E-state index contributed by atoms with van der Waals surface area (Å²) in [5.74, 6) is -2.66. The van der Waals surface area contributed by atoms with E-state index in [0.717, 1.165) is 18.5 Å². The van der Waals surface area contributed by atoms with Crippen LogP contribution in [-0.2, 0) is 27.0 Å². The summed E-state index contributed by atoms with van der Waals surface area (Å²) < 4.78 is 42.7. The highest BCUT2D eigenvalue weighted by atomic mass is 19.4. The molecule has 2 aliphatic heterocycles. The number of rotatable bonds is 16. The number of carboxylic acid groups (broad SMARTS) is 1. The van der Waals surface area contributed by atoms with Gasteiger partial charge in [-0.1, -0.05) is 12.1 Å². The summed E-state index contributed by atoms with van der Waals surface area (Å²) in [7, 11) is 6.03. The maximum atomic E-state index is 14.0. The number of nitrogens with zero attached hydrogens (tertiary/aromatic N) is 6. The molecule has 12 nitrogen and oxygen atoms in total. The molecule has 0 aliphatic carbocycles. The monoisotopic (exact) mass is 714 g/mol. The molecular weight excluding hydrogens is 665 g/mol. The van der Waals surface area contributed by atoms with Gasteiger partial charge in [0, 0.05) is 38.7 Å². The number of halogens is 3. The Morgan fingerprint density at radius 2 is 1.73 bits per heavy atom. The summed E-state index contributed by atoms with van der Waals surface area (Å²) in [5, 5.41) is 26.0. The maximum Gasteiger partial charge on any atom is 0.451 e. The van der Waals surface area contributed by atoms with E-state index in [9.17, 15) is 32.7 Å². The van der Waals surface area contributed by atoms with Crippen molar-refractivity contribution in [3.8, 4) is 6.07 Å². The Labute approximate surface area is 297 Å². The molecule has 0 spiro atoms. The van der Waals surface area contributed by atoms with E-state index >= 15 is 0 Å². The second kappa shape index (κ2) is 17.7. The average molecular weight is 715 g/mol. The van der Waals surface area contributed by atoms with Crippen molar-refractivity contribution in [2.75, 3.05) is 63.7 Å². The quantitative estimate of drug-likeness (QED) is 0.250. The molecule has 0 unspecified atom stereocenters. The van der Waals surface area contributed by atoms with Crippen LogP contribution in [0.1, 0.15) is 74.7 Å². The molecule has 4 rings (SSSR count). The lowest BCUT2D eigenvalue weighted by atomic mass is 9.91. The first-order valence-electron chi connectivity index (χ1n) is 17.7. The predicted molar refractivity (Wildman–Crippen MR) is 183 cm³/mol. The first kappa shape index (κ1) is 39.3. The van der Waals surface area contributed by atoms with E-state index in [1.165, 1.54) is 6.07 Å². The number of carbonyl (C=O) groups is 3. The Morgan fingerprint density at radius 1 is 1.04 bits per heavy atom. The molecule has 0 saturated carbocycles. The van der Waals surface area contributed by atoms with Gasteiger partial charge in [-0.25, -0.2) is 9.97 Å². The van der Waals surface area contributed by atoms with Crippen molar-refractivity contribution in [1.29, 1.82) is 5.26 Å². The third-order valence-electron chi connectivity index (χ3n) is 9.49. The molecule has 2 N–H and O–H groups in total. The van der Waals surface area contributed by atoms with Gasteiger partial charge in [-0.05, 0) is 81.4 Å². The summed E-state index contributed by atoms with van der Waals surface area (Å²) in [6.07, 6.45) is 0.696. The summed E-state index contributed by atoms with van der Waals surface area (Å²) in [6.45, 7) is 2.45. The maximum absolute atomic E-state index is 14.0.